The number of diazo groups is 1. The van der Waals surface area contributed by atoms with Crippen LogP contribution >= 0.6 is 0 Å². The first-order valence-corrected chi connectivity index (χ1v) is 12.5. The molecule has 0 amide bonds. The molecule has 0 radical (unpaired) electrons. The molecule has 0 bridgehead atoms. The van der Waals surface area contributed by atoms with Gasteiger partial charge in [-0.1, -0.05) is 101 Å². The second-order valence-electron chi connectivity index (χ2n) is 7.27. The fourth-order valence-corrected chi connectivity index (χ4v) is 3.28. The molecule has 0 spiro atoms. The monoisotopic (exact) mass is 463 g/mol. The Morgan fingerprint density at radius 2 is 1.12 bits per heavy atom. The Kier molecular flexibility index (Phi) is 18.9. The van der Waals surface area contributed by atoms with E-state index in [9.17, 15) is 13.0 Å². The second kappa shape index (κ2) is 20.4. The molecule has 0 aromatic heterocycles. The number of nitrogens with one attached hydrogen (secondary N) is 2. The maximum absolute atomic E-state index is 10.1. The highest BCUT2D eigenvalue weighted by Gasteiger charge is 1.95. The zero-order chi connectivity index (χ0) is 23.9. The highest BCUT2D eigenvalue weighted by molar-refractivity contribution is 7.80. The molecule has 32 heavy (non-hydrogen) atoms. The largest absolute Gasteiger partial charge is 0.726 e. The van der Waals surface area contributed by atoms with Crippen LogP contribution in [0, 0.1) is 5.39 Å². The summed E-state index contributed by atoms with van der Waals surface area (Å²) in [6, 6.07) is 20.3. The maximum Gasteiger partial charge on any atom is 0.217 e. The summed E-state index contributed by atoms with van der Waals surface area (Å²) in [5.74, 6) is 0. The lowest BCUT2D eigenvalue weighted by molar-refractivity contribution is -0.175. The molecule has 2 N–H and O–H groups in total. The molecule has 0 aliphatic carbocycles. The normalized spacial score (nSPS) is 10.2. The van der Waals surface area contributed by atoms with Crippen molar-refractivity contribution < 1.29 is 22.5 Å². The SMILES string of the molecule is CCCCCCCCCCCCOS(=O)(=O)[O-].N#[NH+].c1ccc(Nc2ccccc2)cc1. The average molecular weight is 464 g/mol. The Hall–Kier alpha value is -2.47. The van der Waals surface area contributed by atoms with Crippen molar-refractivity contribution >= 4 is 21.8 Å². The number of hydrogen-bond acceptors (Lipinski definition) is 6. The van der Waals surface area contributed by atoms with E-state index in [1.54, 1.807) is 0 Å². The van der Waals surface area contributed by atoms with Crippen molar-refractivity contribution in [3.8, 4) is 0 Å². The van der Waals surface area contributed by atoms with Gasteiger partial charge in [-0.25, -0.2) is 8.42 Å². The van der Waals surface area contributed by atoms with Gasteiger partial charge in [-0.05, 0) is 30.7 Å². The van der Waals surface area contributed by atoms with E-state index in [1.165, 1.54) is 44.9 Å². The summed E-state index contributed by atoms with van der Waals surface area (Å²) in [5, 5.41) is 14.3. The molecule has 0 heterocycles. The summed E-state index contributed by atoms with van der Waals surface area (Å²) in [5.41, 5.74) is 2.24. The Balaban J connectivity index is 0.000000569. The molecule has 8 heteroatoms. The van der Waals surface area contributed by atoms with E-state index in [-0.39, 0.29) is 6.61 Å². The van der Waals surface area contributed by atoms with E-state index in [2.05, 4.69) is 16.4 Å². The molecule has 0 aliphatic heterocycles. The lowest BCUT2D eigenvalue weighted by Crippen LogP contribution is -2.11. The number of para-hydroxylation sites is 2. The van der Waals surface area contributed by atoms with Crippen LogP contribution in [0.1, 0.15) is 71.1 Å². The van der Waals surface area contributed by atoms with E-state index < -0.39 is 10.4 Å². The lowest BCUT2D eigenvalue weighted by atomic mass is 10.1. The van der Waals surface area contributed by atoms with Crippen molar-refractivity contribution in [2.45, 2.75) is 71.1 Å². The van der Waals surface area contributed by atoms with Crippen molar-refractivity contribution in [2.24, 2.45) is 0 Å². The quantitative estimate of drug-likeness (QED) is 0.174. The van der Waals surface area contributed by atoms with E-state index >= 15 is 0 Å². The Labute approximate surface area is 193 Å². The van der Waals surface area contributed by atoms with Crippen molar-refractivity contribution in [2.75, 3.05) is 11.9 Å². The van der Waals surface area contributed by atoms with Crippen LogP contribution in [-0.4, -0.2) is 19.6 Å². The van der Waals surface area contributed by atoms with Crippen molar-refractivity contribution in [1.29, 1.82) is 5.39 Å². The molecule has 0 atom stereocenters. The van der Waals surface area contributed by atoms with Gasteiger partial charge >= 0.3 is 0 Å². The summed E-state index contributed by atoms with van der Waals surface area (Å²) < 4.78 is 34.5. The molecule has 2 rings (SSSR count). The smallest absolute Gasteiger partial charge is 0.217 e. The Morgan fingerprint density at radius 3 is 1.50 bits per heavy atom. The van der Waals surface area contributed by atoms with Crippen LogP contribution < -0.4 is 10.7 Å². The van der Waals surface area contributed by atoms with Gasteiger partial charge in [0.15, 0.2) is 0 Å². The van der Waals surface area contributed by atoms with Crippen LogP contribution in [0.3, 0.4) is 0 Å². The standard InChI is InChI=1S/C12H11N.C12H26O4S.N2/c1-3-7-11(8-4-1)13-12-9-5-2-6-10-12;1-2-3-4-5-6-7-8-9-10-11-12-16-17(13,14)15;1-2/h1-10,13H;2-12H2,1H3,(H,13,14,15);. The minimum absolute atomic E-state index is 0.0301. The Bertz CT molecular complexity index is 747. The van der Waals surface area contributed by atoms with E-state index in [0.717, 1.165) is 24.2 Å². The van der Waals surface area contributed by atoms with Crippen LogP contribution in [0.5, 0.6) is 0 Å². The molecule has 178 valence electrons. The fraction of sp³-hybridized carbons (Fsp3) is 0.500. The summed E-state index contributed by atoms with van der Waals surface area (Å²) in [6.45, 7) is 2.24. The number of hydrogen-bond donors (Lipinski definition) is 2. The van der Waals surface area contributed by atoms with Crippen LogP contribution in [0.4, 0.5) is 11.4 Å². The lowest BCUT2D eigenvalue weighted by Gasteiger charge is -2.06. The van der Waals surface area contributed by atoms with Crippen LogP contribution in [-0.2, 0) is 14.6 Å². The first-order valence-electron chi connectivity index (χ1n) is 11.2. The van der Waals surface area contributed by atoms with Crippen molar-refractivity contribution in [1.82, 2.24) is 0 Å². The molecule has 7 nitrogen and oxygen atoms in total. The van der Waals surface area contributed by atoms with Gasteiger partial charge < -0.3 is 9.87 Å². The van der Waals surface area contributed by atoms with Crippen LogP contribution in [0.2, 0.25) is 0 Å². The van der Waals surface area contributed by atoms with Crippen molar-refractivity contribution in [3.63, 3.8) is 0 Å². The van der Waals surface area contributed by atoms with Gasteiger partial charge in [-0.15, -0.1) is 0 Å². The van der Waals surface area contributed by atoms with E-state index in [0.29, 0.717) is 6.42 Å². The minimum atomic E-state index is -4.48. The molecule has 0 saturated heterocycles. The van der Waals surface area contributed by atoms with Crippen molar-refractivity contribution in [3.05, 3.63) is 60.7 Å². The highest BCUT2D eigenvalue weighted by Crippen LogP contribution is 2.14. The summed E-state index contributed by atoms with van der Waals surface area (Å²) in [6.07, 6.45) is 11.7. The maximum atomic E-state index is 10.1. The number of anilines is 2. The number of benzene rings is 2. The summed E-state index contributed by atoms with van der Waals surface area (Å²) in [7, 11) is -4.48. The number of unbranched alkanes of at least 4 members (excludes halogenated alkanes) is 9. The molecule has 2 aromatic rings. The minimum Gasteiger partial charge on any atom is -0.726 e. The predicted molar refractivity (Wildman–Crippen MR) is 126 cm³/mol. The van der Waals surface area contributed by atoms with Gasteiger partial charge in [0.2, 0.25) is 15.8 Å². The average Bonchev–Trinajstić information content (AvgIpc) is 2.80. The molecule has 0 saturated carbocycles. The third-order valence-corrected chi connectivity index (χ3v) is 5.02. The first-order chi connectivity index (χ1) is 15.5. The third kappa shape index (κ3) is 19.5. The molecule has 0 unspecified atom stereocenters. The third-order valence-electron chi connectivity index (χ3n) is 4.56. The van der Waals surface area contributed by atoms with E-state index in [4.69, 9.17) is 10.8 Å². The fourth-order valence-electron chi connectivity index (χ4n) is 2.96. The molecule has 0 fully saturated rings. The molecular weight excluding hydrogens is 426 g/mol. The summed E-state index contributed by atoms with van der Waals surface area (Å²) in [4.78, 5) is 0. The van der Waals surface area contributed by atoms with Gasteiger partial charge in [-0.2, -0.15) is 0 Å². The summed E-state index contributed by atoms with van der Waals surface area (Å²) >= 11 is 0. The number of nitrogens with zero attached hydrogens (tertiary/aromatic N) is 1. The number of rotatable bonds is 14. The zero-order valence-corrected chi connectivity index (χ0v) is 19.9. The van der Waals surface area contributed by atoms with Gasteiger partial charge in [0.1, 0.15) is 0 Å². The highest BCUT2D eigenvalue weighted by atomic mass is 32.3. The molecule has 0 aliphatic rings. The van der Waals surface area contributed by atoms with Crippen LogP contribution in [0.15, 0.2) is 60.7 Å². The second-order valence-corrected chi connectivity index (χ2v) is 8.32. The van der Waals surface area contributed by atoms with Crippen LogP contribution in [0.25, 0.3) is 0 Å². The Morgan fingerprint density at radius 1 is 0.750 bits per heavy atom. The molecular formula is C24H37N3O4S. The zero-order valence-electron chi connectivity index (χ0n) is 19.0. The van der Waals surface area contributed by atoms with Gasteiger partial charge in [0, 0.05) is 11.4 Å². The predicted octanol–water partition coefficient (Wildman–Crippen LogP) is 5.09. The topological polar surface area (TPSA) is 126 Å². The van der Waals surface area contributed by atoms with Gasteiger partial charge in [-0.3, -0.25) is 4.18 Å². The first kappa shape index (κ1) is 29.5. The molecule has 2 aromatic carbocycles. The van der Waals surface area contributed by atoms with Gasteiger partial charge in [0.05, 0.1) is 12.0 Å². The van der Waals surface area contributed by atoms with E-state index in [1.807, 2.05) is 60.7 Å². The van der Waals surface area contributed by atoms with Gasteiger partial charge in [0.25, 0.3) is 0 Å².